The Morgan fingerprint density at radius 2 is 1.95 bits per heavy atom. The van der Waals surface area contributed by atoms with Gasteiger partial charge in [-0.1, -0.05) is 26.8 Å². The van der Waals surface area contributed by atoms with Crippen LogP contribution in [-0.2, 0) is 5.41 Å². The van der Waals surface area contributed by atoms with Crippen molar-refractivity contribution >= 4 is 21.9 Å². The Morgan fingerprint density at radius 3 is 2.50 bits per heavy atom. The summed E-state index contributed by atoms with van der Waals surface area (Å²) in [6, 6.07) is 8.67. The van der Waals surface area contributed by atoms with Crippen molar-refractivity contribution < 1.29 is 19.1 Å². The predicted octanol–water partition coefficient (Wildman–Crippen LogP) is 4.83. The van der Waals surface area contributed by atoms with Crippen molar-refractivity contribution in [3.05, 3.63) is 46.1 Å². The average molecular weight is 339 g/mol. The molecule has 5 heteroatoms. The van der Waals surface area contributed by atoms with Gasteiger partial charge >= 0.3 is 5.97 Å². The first-order valence-electron chi connectivity index (χ1n) is 6.08. The van der Waals surface area contributed by atoms with Gasteiger partial charge in [0.15, 0.2) is 0 Å². The van der Waals surface area contributed by atoms with Crippen molar-refractivity contribution in [3.63, 3.8) is 0 Å². The monoisotopic (exact) mass is 338 g/mol. The van der Waals surface area contributed by atoms with Crippen LogP contribution in [0.2, 0.25) is 0 Å². The number of rotatable bonds is 3. The zero-order valence-corrected chi connectivity index (χ0v) is 13.0. The van der Waals surface area contributed by atoms with Gasteiger partial charge in [0.1, 0.15) is 5.75 Å². The minimum absolute atomic E-state index is 0.00576. The second-order valence-electron chi connectivity index (χ2n) is 5.42. The van der Waals surface area contributed by atoms with E-state index in [1.165, 1.54) is 12.1 Å². The lowest BCUT2D eigenvalue weighted by Gasteiger charge is -2.20. The van der Waals surface area contributed by atoms with E-state index in [0.717, 1.165) is 10.0 Å². The van der Waals surface area contributed by atoms with E-state index < -0.39 is 5.97 Å². The molecule has 1 N–H and O–H groups in total. The lowest BCUT2D eigenvalue weighted by Crippen LogP contribution is -2.10. The molecular weight excluding hydrogens is 324 g/mol. The molecule has 106 valence electrons. The number of carbonyl (C=O) groups is 1. The maximum absolute atomic E-state index is 10.8. The molecule has 0 atom stereocenters. The van der Waals surface area contributed by atoms with Crippen LogP contribution in [0.1, 0.15) is 36.9 Å². The predicted molar refractivity (Wildman–Crippen MR) is 78.6 cm³/mol. The topological polar surface area (TPSA) is 59.7 Å². The van der Waals surface area contributed by atoms with Crippen LogP contribution < -0.4 is 4.74 Å². The molecule has 0 fully saturated rings. The third kappa shape index (κ3) is 3.22. The number of halogens is 1. The SMILES string of the molecule is CC(C)(C)c1ccc(Br)c(Oc2ccc(C(=O)O)o2)c1. The molecular formula is C15H15BrO4. The summed E-state index contributed by atoms with van der Waals surface area (Å²) in [5, 5.41) is 8.81. The molecule has 2 aromatic rings. The Bertz CT molecular complexity index is 638. The molecule has 0 saturated heterocycles. The van der Waals surface area contributed by atoms with Gasteiger partial charge in [0.25, 0.3) is 5.95 Å². The van der Waals surface area contributed by atoms with E-state index in [1.807, 2.05) is 18.2 Å². The second-order valence-corrected chi connectivity index (χ2v) is 6.28. The molecule has 1 aromatic carbocycles. The van der Waals surface area contributed by atoms with Crippen molar-refractivity contribution in [1.82, 2.24) is 0 Å². The van der Waals surface area contributed by atoms with Gasteiger partial charge < -0.3 is 14.3 Å². The number of carboxylic acid groups (broad SMARTS) is 1. The number of benzene rings is 1. The Kier molecular flexibility index (Phi) is 3.90. The Labute approximate surface area is 125 Å². The zero-order valence-electron chi connectivity index (χ0n) is 11.4. The van der Waals surface area contributed by atoms with Crippen LogP contribution in [0, 0.1) is 0 Å². The molecule has 4 nitrogen and oxygen atoms in total. The number of ether oxygens (including phenoxy) is 1. The fourth-order valence-electron chi connectivity index (χ4n) is 1.65. The van der Waals surface area contributed by atoms with Crippen LogP contribution in [0.15, 0.2) is 39.2 Å². The van der Waals surface area contributed by atoms with Gasteiger partial charge in [-0.25, -0.2) is 4.79 Å². The summed E-state index contributed by atoms with van der Waals surface area (Å²) < 4.78 is 11.5. The lowest BCUT2D eigenvalue weighted by molar-refractivity contribution is 0.0657. The largest absolute Gasteiger partial charge is 0.475 e. The van der Waals surface area contributed by atoms with Gasteiger partial charge in [0, 0.05) is 6.07 Å². The van der Waals surface area contributed by atoms with Crippen LogP contribution in [0.4, 0.5) is 0 Å². The van der Waals surface area contributed by atoms with Crippen molar-refractivity contribution in [3.8, 4) is 11.7 Å². The van der Waals surface area contributed by atoms with Crippen LogP contribution in [0.3, 0.4) is 0 Å². The highest BCUT2D eigenvalue weighted by atomic mass is 79.9. The number of carboxylic acids is 1. The molecule has 0 unspecified atom stereocenters. The van der Waals surface area contributed by atoms with E-state index in [-0.39, 0.29) is 17.1 Å². The fourth-order valence-corrected chi connectivity index (χ4v) is 1.97. The molecule has 0 amide bonds. The minimum atomic E-state index is -1.12. The molecule has 0 spiro atoms. The quantitative estimate of drug-likeness (QED) is 0.870. The molecule has 20 heavy (non-hydrogen) atoms. The van der Waals surface area contributed by atoms with Crippen molar-refractivity contribution in [1.29, 1.82) is 0 Å². The first-order chi connectivity index (χ1) is 9.27. The van der Waals surface area contributed by atoms with E-state index >= 15 is 0 Å². The van der Waals surface area contributed by atoms with E-state index in [0.29, 0.717) is 5.75 Å². The normalized spacial score (nSPS) is 11.4. The van der Waals surface area contributed by atoms with Crippen molar-refractivity contribution in [2.45, 2.75) is 26.2 Å². The summed E-state index contributed by atoms with van der Waals surface area (Å²) in [7, 11) is 0. The van der Waals surface area contributed by atoms with Gasteiger partial charge in [0.05, 0.1) is 4.47 Å². The van der Waals surface area contributed by atoms with Gasteiger partial charge in [-0.3, -0.25) is 0 Å². The average Bonchev–Trinajstić information content (AvgIpc) is 2.79. The van der Waals surface area contributed by atoms with Crippen molar-refractivity contribution in [2.24, 2.45) is 0 Å². The molecule has 0 bridgehead atoms. The highest BCUT2D eigenvalue weighted by Crippen LogP contribution is 2.34. The number of aromatic carboxylic acids is 1. The van der Waals surface area contributed by atoms with Gasteiger partial charge in [-0.05, 0) is 45.1 Å². The summed E-state index contributed by atoms with van der Waals surface area (Å²) in [6.07, 6.45) is 0. The van der Waals surface area contributed by atoms with Crippen LogP contribution >= 0.6 is 15.9 Å². The molecule has 0 aliphatic rings. The molecule has 0 aliphatic heterocycles. The number of furan rings is 1. The van der Waals surface area contributed by atoms with Gasteiger partial charge in [0.2, 0.25) is 5.76 Å². The second kappa shape index (κ2) is 5.32. The van der Waals surface area contributed by atoms with Crippen LogP contribution in [0.5, 0.6) is 11.7 Å². The maximum atomic E-state index is 10.8. The third-order valence-electron chi connectivity index (χ3n) is 2.80. The van der Waals surface area contributed by atoms with Gasteiger partial charge in [-0.15, -0.1) is 0 Å². The summed E-state index contributed by atoms with van der Waals surface area (Å²) >= 11 is 3.41. The highest BCUT2D eigenvalue weighted by Gasteiger charge is 2.17. The summed E-state index contributed by atoms with van der Waals surface area (Å²) in [6.45, 7) is 6.32. The highest BCUT2D eigenvalue weighted by molar-refractivity contribution is 9.10. The molecule has 0 aliphatic carbocycles. The Morgan fingerprint density at radius 1 is 1.25 bits per heavy atom. The van der Waals surface area contributed by atoms with Gasteiger partial charge in [-0.2, -0.15) is 0 Å². The van der Waals surface area contributed by atoms with E-state index in [1.54, 1.807) is 0 Å². The zero-order chi connectivity index (χ0) is 14.9. The molecule has 0 radical (unpaired) electrons. The first kappa shape index (κ1) is 14.7. The third-order valence-corrected chi connectivity index (χ3v) is 3.46. The molecule has 1 aromatic heterocycles. The minimum Gasteiger partial charge on any atom is -0.475 e. The fraction of sp³-hybridized carbons (Fsp3) is 0.267. The van der Waals surface area contributed by atoms with Crippen LogP contribution in [0.25, 0.3) is 0 Å². The van der Waals surface area contributed by atoms with E-state index in [9.17, 15) is 4.79 Å². The lowest BCUT2D eigenvalue weighted by atomic mass is 9.87. The van der Waals surface area contributed by atoms with Crippen molar-refractivity contribution in [2.75, 3.05) is 0 Å². The number of hydrogen-bond donors (Lipinski definition) is 1. The standard InChI is InChI=1S/C15H15BrO4/c1-15(2,3)9-4-5-10(16)12(8-9)20-13-7-6-11(19-13)14(17)18/h4-8H,1-3H3,(H,17,18). The Hall–Kier alpha value is -1.75. The van der Waals surface area contributed by atoms with E-state index in [4.69, 9.17) is 14.3 Å². The first-order valence-corrected chi connectivity index (χ1v) is 6.87. The van der Waals surface area contributed by atoms with Crippen LogP contribution in [-0.4, -0.2) is 11.1 Å². The summed E-state index contributed by atoms with van der Waals surface area (Å²) in [4.78, 5) is 10.8. The summed E-state index contributed by atoms with van der Waals surface area (Å²) in [5.41, 5.74) is 1.11. The smallest absolute Gasteiger partial charge is 0.371 e. The number of hydrogen-bond acceptors (Lipinski definition) is 3. The molecule has 2 rings (SSSR count). The molecule has 1 heterocycles. The Balaban J connectivity index is 2.30. The maximum Gasteiger partial charge on any atom is 0.371 e. The van der Waals surface area contributed by atoms with E-state index in [2.05, 4.69) is 36.7 Å². The molecule has 0 saturated carbocycles. The summed E-state index contributed by atoms with van der Waals surface area (Å²) in [5.74, 6) is -0.539.